The average Bonchev–Trinajstić information content (AvgIpc) is 3.25. The maximum atomic E-state index is 12.8. The van der Waals surface area contributed by atoms with Crippen LogP contribution in [0.4, 0.5) is 21.9 Å². The molecule has 0 aromatic heterocycles. The molecular formula is C21H22N4O3. The average molecular weight is 378 g/mol. The molecule has 28 heavy (non-hydrogen) atoms. The molecule has 0 spiro atoms. The van der Waals surface area contributed by atoms with Crippen molar-refractivity contribution in [1.29, 1.82) is 0 Å². The lowest BCUT2D eigenvalue weighted by Gasteiger charge is -2.36. The van der Waals surface area contributed by atoms with Gasteiger partial charge < -0.3 is 10.2 Å². The number of carbonyl (C=O) groups is 3. The second-order valence-electron chi connectivity index (χ2n) is 6.94. The molecule has 144 valence electrons. The van der Waals surface area contributed by atoms with Gasteiger partial charge in [0.05, 0.1) is 11.4 Å². The third-order valence-electron chi connectivity index (χ3n) is 5.08. The standard InChI is InChI=1S/C21H22N4O3/c26-19(23-12-6-7-13-23)14-24-17-10-4-5-11-18(17)25(15-20(24)27)21(28)22-16-8-2-1-3-9-16/h1-5,8-11H,6-7,12-15H2,(H,22,28). The second-order valence-corrected chi connectivity index (χ2v) is 6.94. The summed E-state index contributed by atoms with van der Waals surface area (Å²) in [6.07, 6.45) is 2.01. The molecular weight excluding hydrogens is 356 g/mol. The minimum Gasteiger partial charge on any atom is -0.341 e. The summed E-state index contributed by atoms with van der Waals surface area (Å²) in [5, 5.41) is 2.81. The SMILES string of the molecule is O=C(CN1C(=O)CN(C(=O)Nc2ccccc2)c2ccccc21)N1CCCC1. The highest BCUT2D eigenvalue weighted by Crippen LogP contribution is 2.33. The molecule has 0 radical (unpaired) electrons. The van der Waals surface area contributed by atoms with Crippen LogP contribution in [-0.2, 0) is 9.59 Å². The summed E-state index contributed by atoms with van der Waals surface area (Å²) in [6.45, 7) is 1.38. The van der Waals surface area contributed by atoms with Gasteiger partial charge in [-0.25, -0.2) is 4.79 Å². The Labute approximate surface area is 163 Å². The number of urea groups is 1. The normalized spacial score (nSPS) is 16.1. The number of nitrogens with one attached hydrogen (secondary N) is 1. The van der Waals surface area contributed by atoms with Crippen molar-refractivity contribution >= 4 is 34.9 Å². The van der Waals surface area contributed by atoms with E-state index in [1.165, 1.54) is 9.80 Å². The van der Waals surface area contributed by atoms with Crippen molar-refractivity contribution < 1.29 is 14.4 Å². The highest BCUT2D eigenvalue weighted by molar-refractivity contribution is 6.15. The van der Waals surface area contributed by atoms with Crippen LogP contribution in [0, 0.1) is 0 Å². The molecule has 0 aliphatic carbocycles. The van der Waals surface area contributed by atoms with Gasteiger partial charge in [0.2, 0.25) is 11.8 Å². The molecule has 7 heteroatoms. The lowest BCUT2D eigenvalue weighted by Crippen LogP contribution is -2.52. The predicted octanol–water partition coefficient (Wildman–Crippen LogP) is 2.69. The number of benzene rings is 2. The number of hydrogen-bond donors (Lipinski definition) is 1. The lowest BCUT2D eigenvalue weighted by molar-refractivity contribution is -0.130. The maximum absolute atomic E-state index is 12.8. The van der Waals surface area contributed by atoms with Gasteiger partial charge in [-0.05, 0) is 37.1 Å². The molecule has 2 aromatic carbocycles. The Hall–Kier alpha value is -3.35. The van der Waals surface area contributed by atoms with E-state index in [4.69, 9.17) is 0 Å². The number of para-hydroxylation sites is 3. The highest BCUT2D eigenvalue weighted by Gasteiger charge is 2.34. The number of nitrogens with zero attached hydrogens (tertiary/aromatic N) is 3. The zero-order chi connectivity index (χ0) is 19.5. The summed E-state index contributed by atoms with van der Waals surface area (Å²) < 4.78 is 0. The van der Waals surface area contributed by atoms with E-state index in [1.807, 2.05) is 24.3 Å². The number of likely N-dealkylation sites (tertiary alicyclic amines) is 1. The van der Waals surface area contributed by atoms with E-state index >= 15 is 0 Å². The van der Waals surface area contributed by atoms with E-state index in [0.717, 1.165) is 25.9 Å². The van der Waals surface area contributed by atoms with Crippen molar-refractivity contribution in [2.45, 2.75) is 12.8 Å². The molecule has 0 unspecified atom stereocenters. The monoisotopic (exact) mass is 378 g/mol. The van der Waals surface area contributed by atoms with Crippen molar-refractivity contribution in [3.8, 4) is 0 Å². The molecule has 0 atom stereocenters. The molecule has 2 aliphatic heterocycles. The number of hydrogen-bond acceptors (Lipinski definition) is 3. The molecule has 4 rings (SSSR count). The van der Waals surface area contributed by atoms with E-state index in [9.17, 15) is 14.4 Å². The summed E-state index contributed by atoms with van der Waals surface area (Å²) in [7, 11) is 0. The highest BCUT2D eigenvalue weighted by atomic mass is 16.2. The number of fused-ring (bicyclic) bond motifs is 1. The smallest absolute Gasteiger partial charge is 0.326 e. The first-order valence-electron chi connectivity index (χ1n) is 9.44. The van der Waals surface area contributed by atoms with Crippen LogP contribution in [0.1, 0.15) is 12.8 Å². The van der Waals surface area contributed by atoms with Crippen molar-refractivity contribution in [3.63, 3.8) is 0 Å². The summed E-state index contributed by atoms with van der Waals surface area (Å²) in [5.74, 6) is -0.322. The molecule has 1 N–H and O–H groups in total. The Bertz CT molecular complexity index is 894. The molecule has 7 nitrogen and oxygen atoms in total. The van der Waals surface area contributed by atoms with Gasteiger partial charge in [0.15, 0.2) is 0 Å². The van der Waals surface area contributed by atoms with Gasteiger partial charge in [0, 0.05) is 18.8 Å². The van der Waals surface area contributed by atoms with E-state index in [0.29, 0.717) is 17.1 Å². The van der Waals surface area contributed by atoms with Gasteiger partial charge >= 0.3 is 6.03 Å². The van der Waals surface area contributed by atoms with Crippen molar-refractivity contribution in [2.75, 3.05) is 41.3 Å². The molecule has 0 saturated carbocycles. The van der Waals surface area contributed by atoms with E-state index in [1.54, 1.807) is 35.2 Å². The van der Waals surface area contributed by atoms with Crippen molar-refractivity contribution in [1.82, 2.24) is 4.90 Å². The van der Waals surface area contributed by atoms with Crippen LogP contribution >= 0.6 is 0 Å². The van der Waals surface area contributed by atoms with E-state index in [2.05, 4.69) is 5.32 Å². The number of anilines is 3. The Morgan fingerprint density at radius 1 is 0.893 bits per heavy atom. The van der Waals surface area contributed by atoms with Gasteiger partial charge in [-0.1, -0.05) is 30.3 Å². The zero-order valence-corrected chi connectivity index (χ0v) is 15.5. The Morgan fingerprint density at radius 3 is 2.25 bits per heavy atom. The lowest BCUT2D eigenvalue weighted by atomic mass is 10.1. The fourth-order valence-electron chi connectivity index (χ4n) is 3.63. The van der Waals surface area contributed by atoms with Gasteiger partial charge in [0.25, 0.3) is 0 Å². The van der Waals surface area contributed by atoms with Crippen molar-refractivity contribution in [3.05, 3.63) is 54.6 Å². The fourth-order valence-corrected chi connectivity index (χ4v) is 3.63. The van der Waals surface area contributed by atoms with Crippen molar-refractivity contribution in [2.24, 2.45) is 0 Å². The Kier molecular flexibility index (Phi) is 4.97. The van der Waals surface area contributed by atoms with E-state index < -0.39 is 0 Å². The number of rotatable bonds is 3. The summed E-state index contributed by atoms with van der Waals surface area (Å²) in [5.41, 5.74) is 1.85. The number of carbonyl (C=O) groups excluding carboxylic acids is 3. The van der Waals surface area contributed by atoms with Crippen LogP contribution in [-0.4, -0.2) is 48.9 Å². The molecule has 4 amide bonds. The topological polar surface area (TPSA) is 73.0 Å². The largest absolute Gasteiger partial charge is 0.341 e. The van der Waals surface area contributed by atoms with Crippen LogP contribution in [0.25, 0.3) is 0 Å². The molecule has 1 saturated heterocycles. The van der Waals surface area contributed by atoms with Crippen LogP contribution < -0.4 is 15.1 Å². The third kappa shape index (κ3) is 3.55. The molecule has 1 fully saturated rings. The van der Waals surface area contributed by atoms with Crippen LogP contribution in [0.5, 0.6) is 0 Å². The second kappa shape index (κ2) is 7.72. The first-order chi connectivity index (χ1) is 13.6. The van der Waals surface area contributed by atoms with Gasteiger partial charge in [-0.15, -0.1) is 0 Å². The van der Waals surface area contributed by atoms with Gasteiger partial charge in [0.1, 0.15) is 13.1 Å². The summed E-state index contributed by atoms with van der Waals surface area (Å²) in [6, 6.07) is 15.9. The zero-order valence-electron chi connectivity index (χ0n) is 15.5. The van der Waals surface area contributed by atoms with Gasteiger partial charge in [-0.2, -0.15) is 0 Å². The minimum atomic E-state index is -0.377. The predicted molar refractivity (Wildman–Crippen MR) is 107 cm³/mol. The first kappa shape index (κ1) is 18.0. The Morgan fingerprint density at radius 2 is 1.54 bits per heavy atom. The summed E-state index contributed by atoms with van der Waals surface area (Å²) in [4.78, 5) is 42.9. The first-order valence-corrected chi connectivity index (χ1v) is 9.44. The fraction of sp³-hybridized carbons (Fsp3) is 0.286. The maximum Gasteiger partial charge on any atom is 0.326 e. The molecule has 2 aliphatic rings. The Balaban J connectivity index is 1.56. The molecule has 2 aromatic rings. The molecule has 0 bridgehead atoms. The quantitative estimate of drug-likeness (QED) is 0.893. The van der Waals surface area contributed by atoms with Crippen LogP contribution in [0.3, 0.4) is 0 Å². The van der Waals surface area contributed by atoms with Crippen LogP contribution in [0.2, 0.25) is 0 Å². The minimum absolute atomic E-state index is 0.00396. The third-order valence-corrected chi connectivity index (χ3v) is 5.08. The molecule has 2 heterocycles. The van der Waals surface area contributed by atoms with E-state index in [-0.39, 0.29) is 30.9 Å². The summed E-state index contributed by atoms with van der Waals surface area (Å²) >= 11 is 0. The van der Waals surface area contributed by atoms with Crippen LogP contribution in [0.15, 0.2) is 54.6 Å². The number of amides is 4. The van der Waals surface area contributed by atoms with Gasteiger partial charge in [-0.3, -0.25) is 19.4 Å².